The van der Waals surface area contributed by atoms with Gasteiger partial charge in [-0.05, 0) is 48.9 Å². The molecule has 0 fully saturated rings. The molecule has 0 atom stereocenters. The molecule has 0 amide bonds. The fraction of sp³-hybridized carbons (Fsp3) is 0.294. The summed E-state index contributed by atoms with van der Waals surface area (Å²) in [6.45, 7) is 4.66. The molecule has 2 aromatic rings. The summed E-state index contributed by atoms with van der Waals surface area (Å²) in [4.78, 5) is 2.30. The van der Waals surface area contributed by atoms with Crippen molar-refractivity contribution in [2.45, 2.75) is 13.3 Å². The van der Waals surface area contributed by atoms with E-state index in [1.807, 2.05) is 42.5 Å². The average Bonchev–Trinajstić information content (AvgIpc) is 2.48. The molecule has 0 unspecified atom stereocenters. The molecule has 0 radical (unpaired) electrons. The lowest BCUT2D eigenvalue weighted by Crippen LogP contribution is -2.29. The molecule has 0 aliphatic carbocycles. The maximum atomic E-state index is 5.86. The molecular weight excluding hydrogens is 328 g/mol. The lowest BCUT2D eigenvalue weighted by atomic mass is 10.2. The minimum Gasteiger partial charge on any atom is -0.492 e. The van der Waals surface area contributed by atoms with Crippen LogP contribution in [-0.2, 0) is 0 Å². The van der Waals surface area contributed by atoms with Crippen molar-refractivity contribution in [3.05, 3.63) is 53.0 Å². The van der Waals surface area contributed by atoms with Crippen molar-refractivity contribution in [1.29, 1.82) is 0 Å². The van der Waals surface area contributed by atoms with Crippen molar-refractivity contribution >= 4 is 27.3 Å². The summed E-state index contributed by atoms with van der Waals surface area (Å²) in [5, 5.41) is 0. The second-order valence-electron chi connectivity index (χ2n) is 4.88. The highest BCUT2D eigenvalue weighted by atomic mass is 79.9. The van der Waals surface area contributed by atoms with E-state index >= 15 is 0 Å². The van der Waals surface area contributed by atoms with Gasteiger partial charge in [-0.15, -0.1) is 0 Å². The van der Waals surface area contributed by atoms with Crippen LogP contribution in [0, 0.1) is 0 Å². The lowest BCUT2D eigenvalue weighted by Gasteiger charge is -2.24. The minimum absolute atomic E-state index is 0.649. The summed E-state index contributed by atoms with van der Waals surface area (Å²) < 4.78 is 6.85. The molecule has 0 saturated carbocycles. The van der Waals surface area contributed by atoms with Gasteiger partial charge in [0.1, 0.15) is 12.4 Å². The topological polar surface area (TPSA) is 38.5 Å². The van der Waals surface area contributed by atoms with E-state index in [9.17, 15) is 0 Å². The van der Waals surface area contributed by atoms with Gasteiger partial charge in [0, 0.05) is 22.4 Å². The zero-order valence-electron chi connectivity index (χ0n) is 12.3. The first-order chi connectivity index (χ1) is 10.2. The predicted molar refractivity (Wildman–Crippen MR) is 93.0 cm³/mol. The van der Waals surface area contributed by atoms with Gasteiger partial charge in [0.25, 0.3) is 0 Å². The van der Waals surface area contributed by atoms with Gasteiger partial charge < -0.3 is 15.4 Å². The van der Waals surface area contributed by atoms with Crippen LogP contribution in [-0.4, -0.2) is 19.7 Å². The first-order valence-corrected chi connectivity index (χ1v) is 7.97. The van der Waals surface area contributed by atoms with Gasteiger partial charge in [-0.25, -0.2) is 0 Å². The van der Waals surface area contributed by atoms with Crippen LogP contribution >= 0.6 is 15.9 Å². The zero-order chi connectivity index (χ0) is 15.1. The van der Waals surface area contributed by atoms with E-state index in [0.29, 0.717) is 6.61 Å². The Morgan fingerprint density at radius 2 is 1.86 bits per heavy atom. The second-order valence-corrected chi connectivity index (χ2v) is 5.80. The number of benzene rings is 2. The standard InChI is InChI=1S/C17H21BrN2O/c1-2-10-20(16-5-3-4-15(19)13-16)11-12-21-17-8-6-14(18)7-9-17/h3-9,13H,2,10-12,19H2,1H3. The Morgan fingerprint density at radius 3 is 2.52 bits per heavy atom. The molecule has 112 valence electrons. The Labute approximate surface area is 134 Å². The van der Waals surface area contributed by atoms with E-state index in [2.05, 4.69) is 33.8 Å². The van der Waals surface area contributed by atoms with Crippen LogP contribution in [0.4, 0.5) is 11.4 Å². The Morgan fingerprint density at radius 1 is 1.10 bits per heavy atom. The third-order valence-electron chi connectivity index (χ3n) is 3.17. The average molecular weight is 349 g/mol. The summed E-state index contributed by atoms with van der Waals surface area (Å²) in [6, 6.07) is 15.9. The van der Waals surface area contributed by atoms with Crippen LogP contribution in [0.3, 0.4) is 0 Å². The molecule has 2 rings (SSSR count). The molecule has 2 aromatic carbocycles. The largest absolute Gasteiger partial charge is 0.492 e. The predicted octanol–water partition coefficient (Wildman–Crippen LogP) is 4.33. The van der Waals surface area contributed by atoms with Crippen LogP contribution < -0.4 is 15.4 Å². The quantitative estimate of drug-likeness (QED) is 0.757. The third kappa shape index (κ3) is 4.97. The minimum atomic E-state index is 0.649. The number of halogens is 1. The van der Waals surface area contributed by atoms with Crippen molar-refractivity contribution in [2.24, 2.45) is 0 Å². The second kappa shape index (κ2) is 7.93. The molecule has 4 heteroatoms. The molecule has 0 saturated heterocycles. The number of nitrogen functional groups attached to an aromatic ring is 1. The molecule has 0 aromatic heterocycles. The number of hydrogen-bond acceptors (Lipinski definition) is 3. The Hall–Kier alpha value is -1.68. The lowest BCUT2D eigenvalue weighted by molar-refractivity contribution is 0.323. The van der Waals surface area contributed by atoms with E-state index in [0.717, 1.165) is 41.1 Å². The number of hydrogen-bond donors (Lipinski definition) is 1. The van der Waals surface area contributed by atoms with E-state index in [4.69, 9.17) is 10.5 Å². The summed E-state index contributed by atoms with van der Waals surface area (Å²) in [5.74, 6) is 0.891. The molecule has 0 bridgehead atoms. The molecule has 21 heavy (non-hydrogen) atoms. The van der Waals surface area contributed by atoms with E-state index in [1.54, 1.807) is 0 Å². The molecule has 0 aliphatic rings. The summed E-state index contributed by atoms with van der Waals surface area (Å²) in [7, 11) is 0. The Balaban J connectivity index is 1.92. The first kappa shape index (κ1) is 15.7. The van der Waals surface area contributed by atoms with Crippen LogP contribution in [0.5, 0.6) is 5.75 Å². The van der Waals surface area contributed by atoms with Gasteiger partial charge in [0.15, 0.2) is 0 Å². The molecule has 0 spiro atoms. The normalized spacial score (nSPS) is 10.4. The highest BCUT2D eigenvalue weighted by molar-refractivity contribution is 9.10. The molecule has 0 aliphatic heterocycles. The monoisotopic (exact) mass is 348 g/mol. The summed E-state index contributed by atoms with van der Waals surface area (Å²) in [5.41, 5.74) is 7.81. The van der Waals surface area contributed by atoms with Gasteiger partial charge in [-0.1, -0.05) is 28.9 Å². The summed E-state index contributed by atoms with van der Waals surface area (Å²) in [6.07, 6.45) is 1.09. The van der Waals surface area contributed by atoms with Gasteiger partial charge in [-0.2, -0.15) is 0 Å². The van der Waals surface area contributed by atoms with Crippen LogP contribution in [0.15, 0.2) is 53.0 Å². The van der Waals surface area contributed by atoms with Gasteiger partial charge in [-0.3, -0.25) is 0 Å². The maximum absolute atomic E-state index is 5.86. The Kier molecular flexibility index (Phi) is 5.93. The van der Waals surface area contributed by atoms with Crippen molar-refractivity contribution in [1.82, 2.24) is 0 Å². The van der Waals surface area contributed by atoms with Gasteiger partial charge in [0.05, 0.1) is 6.54 Å². The van der Waals surface area contributed by atoms with Gasteiger partial charge in [0.2, 0.25) is 0 Å². The van der Waals surface area contributed by atoms with Crippen molar-refractivity contribution < 1.29 is 4.74 Å². The van der Waals surface area contributed by atoms with Crippen molar-refractivity contribution in [2.75, 3.05) is 30.3 Å². The Bertz CT molecular complexity index is 557. The number of ether oxygens (including phenoxy) is 1. The van der Waals surface area contributed by atoms with Crippen molar-refractivity contribution in [3.8, 4) is 5.75 Å². The molecule has 0 heterocycles. The first-order valence-electron chi connectivity index (χ1n) is 7.18. The van der Waals surface area contributed by atoms with E-state index in [1.165, 1.54) is 0 Å². The van der Waals surface area contributed by atoms with E-state index in [-0.39, 0.29) is 0 Å². The van der Waals surface area contributed by atoms with Crippen LogP contribution in [0.1, 0.15) is 13.3 Å². The van der Waals surface area contributed by atoms with Crippen molar-refractivity contribution in [3.63, 3.8) is 0 Å². The number of rotatable bonds is 7. The number of nitrogens with zero attached hydrogens (tertiary/aromatic N) is 1. The third-order valence-corrected chi connectivity index (χ3v) is 3.70. The number of nitrogens with two attached hydrogens (primary N) is 1. The van der Waals surface area contributed by atoms with E-state index < -0.39 is 0 Å². The molecule has 2 N–H and O–H groups in total. The van der Waals surface area contributed by atoms with Gasteiger partial charge >= 0.3 is 0 Å². The van der Waals surface area contributed by atoms with Crippen LogP contribution in [0.2, 0.25) is 0 Å². The smallest absolute Gasteiger partial charge is 0.119 e. The fourth-order valence-electron chi connectivity index (χ4n) is 2.17. The molecular formula is C17H21BrN2O. The zero-order valence-corrected chi connectivity index (χ0v) is 13.8. The van der Waals surface area contributed by atoms with Crippen LogP contribution in [0.25, 0.3) is 0 Å². The highest BCUT2D eigenvalue weighted by Gasteiger charge is 2.06. The number of anilines is 2. The molecule has 3 nitrogen and oxygen atoms in total. The SMILES string of the molecule is CCCN(CCOc1ccc(Br)cc1)c1cccc(N)c1. The summed E-state index contributed by atoms with van der Waals surface area (Å²) >= 11 is 3.42. The fourth-order valence-corrected chi connectivity index (χ4v) is 2.43. The maximum Gasteiger partial charge on any atom is 0.119 e. The highest BCUT2D eigenvalue weighted by Crippen LogP contribution is 2.19.